The molecule has 0 aliphatic heterocycles. The molecule has 1 heterocycles. The van der Waals surface area contributed by atoms with Crippen LogP contribution in [-0.4, -0.2) is 10.3 Å². The van der Waals surface area contributed by atoms with Gasteiger partial charge < -0.3 is 0 Å². The summed E-state index contributed by atoms with van der Waals surface area (Å²) in [4.78, 5) is 0. The van der Waals surface area contributed by atoms with Gasteiger partial charge in [0.1, 0.15) is 11.0 Å². The van der Waals surface area contributed by atoms with Gasteiger partial charge in [-0.25, -0.2) is 4.63 Å². The number of nitrogens with zero attached hydrogens (tertiary/aromatic N) is 2. The molecule has 13 heavy (non-hydrogen) atoms. The smallest absolute Gasteiger partial charge is 0.140 e. The van der Waals surface area contributed by atoms with E-state index in [1.165, 1.54) is 0 Å². The zero-order chi connectivity index (χ0) is 9.59. The average molecular weight is 217 g/mol. The first-order chi connectivity index (χ1) is 6.13. The van der Waals surface area contributed by atoms with Gasteiger partial charge in [-0.3, -0.25) is 0 Å². The van der Waals surface area contributed by atoms with Gasteiger partial charge in [0, 0.05) is 11.1 Å². The third-order valence-electron chi connectivity index (χ3n) is 2.05. The van der Waals surface area contributed by atoms with Crippen LogP contribution in [0.4, 0.5) is 0 Å². The highest BCUT2D eigenvalue weighted by Crippen LogP contribution is 2.34. The number of rotatable bonds is 0. The van der Waals surface area contributed by atoms with Gasteiger partial charge in [-0.05, 0) is 24.2 Å². The Hall–Kier alpha value is -0.800. The zero-order valence-electron chi connectivity index (χ0n) is 7.06. The second kappa shape index (κ2) is 2.86. The molecule has 68 valence electrons. The van der Waals surface area contributed by atoms with Crippen molar-refractivity contribution in [1.29, 1.82) is 0 Å². The second-order valence-electron chi connectivity index (χ2n) is 2.84. The van der Waals surface area contributed by atoms with Gasteiger partial charge in [0.15, 0.2) is 0 Å². The van der Waals surface area contributed by atoms with E-state index in [0.29, 0.717) is 21.1 Å². The monoisotopic (exact) mass is 216 g/mol. The van der Waals surface area contributed by atoms with Crippen LogP contribution in [0.25, 0.3) is 11.0 Å². The fourth-order valence-electron chi connectivity index (χ4n) is 1.22. The average Bonchev–Trinajstić information content (AvgIpc) is 2.59. The summed E-state index contributed by atoms with van der Waals surface area (Å²) in [6.45, 7) is 3.67. The summed E-state index contributed by atoms with van der Waals surface area (Å²) < 4.78 is 4.62. The Balaban J connectivity index is 3.02. The molecule has 0 saturated heterocycles. The first kappa shape index (κ1) is 8.78. The van der Waals surface area contributed by atoms with E-state index in [1.807, 2.05) is 13.8 Å². The topological polar surface area (TPSA) is 38.9 Å². The summed E-state index contributed by atoms with van der Waals surface area (Å²) in [5.74, 6) is 0. The maximum Gasteiger partial charge on any atom is 0.140 e. The standard InChI is InChI=1S/C8H6Cl2N2O/c1-3-5(9)6(10)4(2)8-7(3)11-13-12-8/h1-2H3. The molecular formula is C8H6Cl2N2O. The number of aryl methyl sites for hydroxylation is 2. The van der Waals surface area contributed by atoms with Crippen LogP contribution in [0, 0.1) is 13.8 Å². The molecule has 0 amide bonds. The summed E-state index contributed by atoms with van der Waals surface area (Å²) in [5.41, 5.74) is 2.95. The molecule has 0 bridgehead atoms. The van der Waals surface area contributed by atoms with E-state index in [-0.39, 0.29) is 0 Å². The molecule has 2 rings (SSSR count). The number of halogens is 2. The van der Waals surface area contributed by atoms with Gasteiger partial charge >= 0.3 is 0 Å². The van der Waals surface area contributed by atoms with E-state index in [4.69, 9.17) is 23.2 Å². The van der Waals surface area contributed by atoms with Crippen LogP contribution in [-0.2, 0) is 0 Å². The highest BCUT2D eigenvalue weighted by molar-refractivity contribution is 6.44. The van der Waals surface area contributed by atoms with Crippen LogP contribution in [0.1, 0.15) is 11.1 Å². The second-order valence-corrected chi connectivity index (χ2v) is 3.60. The van der Waals surface area contributed by atoms with E-state index in [9.17, 15) is 0 Å². The normalized spacial score (nSPS) is 11.1. The molecular weight excluding hydrogens is 211 g/mol. The molecule has 3 nitrogen and oxygen atoms in total. The number of hydrogen-bond acceptors (Lipinski definition) is 3. The summed E-state index contributed by atoms with van der Waals surface area (Å²) >= 11 is 12.0. The van der Waals surface area contributed by atoms with E-state index < -0.39 is 0 Å². The van der Waals surface area contributed by atoms with Crippen molar-refractivity contribution in [3.63, 3.8) is 0 Å². The van der Waals surface area contributed by atoms with Crippen molar-refractivity contribution >= 4 is 34.2 Å². The maximum absolute atomic E-state index is 5.98. The van der Waals surface area contributed by atoms with Gasteiger partial charge in [0.25, 0.3) is 0 Å². The number of hydrogen-bond donors (Lipinski definition) is 0. The lowest BCUT2D eigenvalue weighted by Crippen LogP contribution is -1.86. The molecule has 0 fully saturated rings. The lowest BCUT2D eigenvalue weighted by molar-refractivity contribution is 0.315. The SMILES string of the molecule is Cc1c(Cl)c(Cl)c(C)c2nonc12. The van der Waals surface area contributed by atoms with Gasteiger partial charge in [-0.15, -0.1) is 0 Å². The minimum absolute atomic E-state index is 0.516. The largest absolute Gasteiger partial charge is 0.243 e. The van der Waals surface area contributed by atoms with Crippen LogP contribution < -0.4 is 0 Å². The molecule has 0 radical (unpaired) electrons. The highest BCUT2D eigenvalue weighted by atomic mass is 35.5. The van der Waals surface area contributed by atoms with Gasteiger partial charge in [0.2, 0.25) is 0 Å². The van der Waals surface area contributed by atoms with Crippen LogP contribution in [0.3, 0.4) is 0 Å². The Labute approximate surface area is 84.6 Å². The lowest BCUT2D eigenvalue weighted by atomic mass is 10.1. The minimum Gasteiger partial charge on any atom is -0.243 e. The number of aromatic nitrogens is 2. The van der Waals surface area contributed by atoms with Crippen molar-refractivity contribution in [1.82, 2.24) is 10.3 Å². The van der Waals surface area contributed by atoms with E-state index >= 15 is 0 Å². The van der Waals surface area contributed by atoms with Crippen molar-refractivity contribution in [3.05, 3.63) is 21.2 Å². The molecule has 0 saturated carbocycles. The molecule has 2 aromatic rings. The Morgan fingerprint density at radius 1 is 0.923 bits per heavy atom. The van der Waals surface area contributed by atoms with Crippen LogP contribution in [0.2, 0.25) is 10.0 Å². The molecule has 0 unspecified atom stereocenters. The lowest BCUT2D eigenvalue weighted by Gasteiger charge is -2.03. The Bertz CT molecular complexity index is 436. The first-order valence-electron chi connectivity index (χ1n) is 3.69. The molecule has 0 atom stereocenters. The molecule has 5 heteroatoms. The van der Waals surface area contributed by atoms with Gasteiger partial charge in [-0.1, -0.05) is 23.2 Å². The molecule has 0 N–H and O–H groups in total. The van der Waals surface area contributed by atoms with Crippen LogP contribution in [0.15, 0.2) is 4.63 Å². The van der Waals surface area contributed by atoms with Gasteiger partial charge in [-0.2, -0.15) is 0 Å². The quantitative estimate of drug-likeness (QED) is 0.680. The Morgan fingerprint density at radius 3 is 1.69 bits per heavy atom. The van der Waals surface area contributed by atoms with Crippen molar-refractivity contribution in [2.75, 3.05) is 0 Å². The summed E-state index contributed by atoms with van der Waals surface area (Å²) in [6, 6.07) is 0. The molecule has 0 aliphatic rings. The minimum atomic E-state index is 0.516. The molecule has 0 aliphatic carbocycles. The predicted molar refractivity (Wildman–Crippen MR) is 51.3 cm³/mol. The van der Waals surface area contributed by atoms with Crippen molar-refractivity contribution in [3.8, 4) is 0 Å². The first-order valence-corrected chi connectivity index (χ1v) is 4.45. The third kappa shape index (κ3) is 1.11. The van der Waals surface area contributed by atoms with E-state index in [2.05, 4.69) is 14.9 Å². The summed E-state index contributed by atoms with van der Waals surface area (Å²) in [6.07, 6.45) is 0. The Morgan fingerprint density at radius 2 is 1.31 bits per heavy atom. The van der Waals surface area contributed by atoms with Crippen molar-refractivity contribution < 1.29 is 4.63 Å². The maximum atomic E-state index is 5.98. The molecule has 0 spiro atoms. The summed E-state index contributed by atoms with van der Waals surface area (Å²) in [7, 11) is 0. The van der Waals surface area contributed by atoms with Crippen molar-refractivity contribution in [2.24, 2.45) is 0 Å². The fourth-order valence-corrected chi connectivity index (χ4v) is 1.68. The number of fused-ring (bicyclic) bond motifs is 1. The van der Waals surface area contributed by atoms with Crippen LogP contribution >= 0.6 is 23.2 Å². The van der Waals surface area contributed by atoms with E-state index in [1.54, 1.807) is 0 Å². The van der Waals surface area contributed by atoms with Crippen molar-refractivity contribution in [2.45, 2.75) is 13.8 Å². The molecule has 1 aromatic carbocycles. The van der Waals surface area contributed by atoms with E-state index in [0.717, 1.165) is 11.1 Å². The van der Waals surface area contributed by atoms with Gasteiger partial charge in [0.05, 0.1) is 10.0 Å². The zero-order valence-corrected chi connectivity index (χ0v) is 8.57. The Kier molecular flexibility index (Phi) is 1.93. The third-order valence-corrected chi connectivity index (χ3v) is 3.09. The fraction of sp³-hybridized carbons (Fsp3) is 0.250. The number of benzene rings is 1. The van der Waals surface area contributed by atoms with Crippen LogP contribution in [0.5, 0.6) is 0 Å². The highest BCUT2D eigenvalue weighted by Gasteiger charge is 2.15. The predicted octanol–water partition coefficient (Wildman–Crippen LogP) is 3.15. The molecule has 1 aromatic heterocycles. The summed E-state index contributed by atoms with van der Waals surface area (Å²) in [5, 5.41) is 8.54.